The standard InChI is InChI=1S/C20H18ClN5O2/c1-11(2)18-15(10-22-26(18)14-5-3-4-12(21)8-14)19(27)23-13-6-7-16-17(9-13)25-20(28)24-16/h3-11H,1-2H3,(H,23,27)(H2,24,25,28). The first-order valence-corrected chi connectivity index (χ1v) is 9.17. The normalized spacial score (nSPS) is 11.3. The number of anilines is 1. The molecule has 2 heterocycles. The number of carbonyl (C=O) groups excluding carboxylic acids is 1. The minimum Gasteiger partial charge on any atom is -0.322 e. The summed E-state index contributed by atoms with van der Waals surface area (Å²) in [4.78, 5) is 29.7. The predicted octanol–water partition coefficient (Wildman–Crippen LogP) is 4.07. The molecular formula is C20H18ClN5O2. The molecule has 28 heavy (non-hydrogen) atoms. The molecular weight excluding hydrogens is 378 g/mol. The number of nitrogens with zero attached hydrogens (tertiary/aromatic N) is 2. The zero-order chi connectivity index (χ0) is 19.8. The first kappa shape index (κ1) is 18.1. The van der Waals surface area contributed by atoms with Crippen LogP contribution in [0.3, 0.4) is 0 Å². The molecule has 0 radical (unpaired) electrons. The van der Waals surface area contributed by atoms with E-state index in [1.165, 1.54) is 0 Å². The number of H-pyrrole nitrogens is 2. The molecule has 0 bridgehead atoms. The first-order valence-electron chi connectivity index (χ1n) is 8.79. The average Bonchev–Trinajstić information content (AvgIpc) is 3.24. The Bertz CT molecular complexity index is 1230. The maximum absolute atomic E-state index is 12.9. The highest BCUT2D eigenvalue weighted by Crippen LogP contribution is 2.25. The lowest BCUT2D eigenvalue weighted by Gasteiger charge is -2.13. The summed E-state index contributed by atoms with van der Waals surface area (Å²) < 4.78 is 1.73. The zero-order valence-electron chi connectivity index (χ0n) is 15.3. The second-order valence-corrected chi connectivity index (χ2v) is 7.22. The molecule has 142 valence electrons. The van der Waals surface area contributed by atoms with Crippen molar-refractivity contribution >= 4 is 34.2 Å². The lowest BCUT2D eigenvalue weighted by molar-refractivity contribution is 0.102. The van der Waals surface area contributed by atoms with Gasteiger partial charge in [0.15, 0.2) is 0 Å². The quantitative estimate of drug-likeness (QED) is 0.486. The summed E-state index contributed by atoms with van der Waals surface area (Å²) in [6.45, 7) is 4.01. The average molecular weight is 396 g/mol. The first-order chi connectivity index (χ1) is 13.4. The Morgan fingerprint density at radius 1 is 1.14 bits per heavy atom. The topological polar surface area (TPSA) is 95.6 Å². The van der Waals surface area contributed by atoms with Crippen molar-refractivity contribution < 1.29 is 4.79 Å². The van der Waals surface area contributed by atoms with E-state index in [9.17, 15) is 9.59 Å². The Kier molecular flexibility index (Phi) is 4.52. The van der Waals surface area contributed by atoms with Crippen LogP contribution in [0.5, 0.6) is 0 Å². The molecule has 2 aromatic heterocycles. The largest absolute Gasteiger partial charge is 0.323 e. The predicted molar refractivity (Wildman–Crippen MR) is 110 cm³/mol. The molecule has 7 nitrogen and oxygen atoms in total. The number of aromatic nitrogens is 4. The number of amides is 1. The van der Waals surface area contributed by atoms with Crippen LogP contribution in [0.4, 0.5) is 5.69 Å². The Hall–Kier alpha value is -3.32. The number of imidazole rings is 1. The number of carbonyl (C=O) groups is 1. The number of nitrogens with one attached hydrogen (secondary N) is 3. The maximum Gasteiger partial charge on any atom is 0.323 e. The second-order valence-electron chi connectivity index (χ2n) is 6.78. The van der Waals surface area contributed by atoms with Gasteiger partial charge in [-0.1, -0.05) is 31.5 Å². The number of hydrogen-bond acceptors (Lipinski definition) is 3. The lowest BCUT2D eigenvalue weighted by Crippen LogP contribution is -2.15. The molecule has 4 aromatic rings. The van der Waals surface area contributed by atoms with E-state index >= 15 is 0 Å². The lowest BCUT2D eigenvalue weighted by atomic mass is 10.0. The molecule has 0 unspecified atom stereocenters. The van der Waals surface area contributed by atoms with Gasteiger partial charge in [-0.05, 0) is 42.3 Å². The van der Waals surface area contributed by atoms with Crippen LogP contribution < -0.4 is 11.0 Å². The molecule has 0 aliphatic heterocycles. The summed E-state index contributed by atoms with van der Waals surface area (Å²) in [5.41, 5.74) is 3.66. The van der Waals surface area contributed by atoms with Gasteiger partial charge >= 0.3 is 5.69 Å². The Morgan fingerprint density at radius 3 is 2.68 bits per heavy atom. The van der Waals surface area contributed by atoms with E-state index in [1.807, 2.05) is 26.0 Å². The SMILES string of the molecule is CC(C)c1c(C(=O)Nc2ccc3[nH]c(=O)[nH]c3c2)cnn1-c1cccc(Cl)c1. The maximum atomic E-state index is 12.9. The van der Waals surface area contributed by atoms with Gasteiger partial charge in [0, 0.05) is 10.7 Å². The van der Waals surface area contributed by atoms with E-state index in [0.29, 0.717) is 27.3 Å². The minimum absolute atomic E-state index is 0.0609. The van der Waals surface area contributed by atoms with E-state index in [1.54, 1.807) is 41.2 Å². The van der Waals surface area contributed by atoms with E-state index in [0.717, 1.165) is 11.4 Å². The van der Waals surface area contributed by atoms with Crippen molar-refractivity contribution in [2.24, 2.45) is 0 Å². The van der Waals surface area contributed by atoms with Crippen molar-refractivity contribution in [3.8, 4) is 5.69 Å². The fourth-order valence-electron chi connectivity index (χ4n) is 3.21. The zero-order valence-corrected chi connectivity index (χ0v) is 16.0. The van der Waals surface area contributed by atoms with Crippen LogP contribution in [0, 0.1) is 0 Å². The molecule has 0 aliphatic rings. The molecule has 0 atom stereocenters. The van der Waals surface area contributed by atoms with E-state index < -0.39 is 0 Å². The Labute approximate surface area is 165 Å². The van der Waals surface area contributed by atoms with Crippen LogP contribution in [-0.4, -0.2) is 25.7 Å². The van der Waals surface area contributed by atoms with Gasteiger partial charge in [-0.15, -0.1) is 0 Å². The van der Waals surface area contributed by atoms with Crippen LogP contribution in [0.2, 0.25) is 5.02 Å². The molecule has 1 amide bonds. The van der Waals surface area contributed by atoms with Crippen LogP contribution in [0.25, 0.3) is 16.7 Å². The summed E-state index contributed by atoms with van der Waals surface area (Å²) in [5.74, 6) is -0.208. The van der Waals surface area contributed by atoms with Gasteiger partial charge in [-0.25, -0.2) is 9.48 Å². The highest BCUT2D eigenvalue weighted by molar-refractivity contribution is 6.30. The van der Waals surface area contributed by atoms with Crippen molar-refractivity contribution in [3.05, 3.63) is 75.4 Å². The summed E-state index contributed by atoms with van der Waals surface area (Å²) in [6.07, 6.45) is 1.56. The highest BCUT2D eigenvalue weighted by Gasteiger charge is 2.21. The van der Waals surface area contributed by atoms with Gasteiger partial charge in [0.1, 0.15) is 0 Å². The van der Waals surface area contributed by atoms with E-state index in [-0.39, 0.29) is 17.5 Å². The van der Waals surface area contributed by atoms with Gasteiger partial charge < -0.3 is 15.3 Å². The van der Waals surface area contributed by atoms with Gasteiger partial charge in [0.25, 0.3) is 5.91 Å². The number of benzene rings is 2. The Morgan fingerprint density at radius 2 is 1.93 bits per heavy atom. The van der Waals surface area contributed by atoms with Crippen LogP contribution in [0.1, 0.15) is 35.8 Å². The molecule has 8 heteroatoms. The molecule has 0 spiro atoms. The van der Waals surface area contributed by atoms with Gasteiger partial charge in [-0.3, -0.25) is 4.79 Å². The highest BCUT2D eigenvalue weighted by atomic mass is 35.5. The second kappa shape index (κ2) is 7.01. The number of fused-ring (bicyclic) bond motifs is 1. The van der Waals surface area contributed by atoms with Crippen LogP contribution >= 0.6 is 11.6 Å². The number of hydrogen-bond donors (Lipinski definition) is 3. The summed E-state index contributed by atoms with van der Waals surface area (Å²) in [5, 5.41) is 7.89. The smallest absolute Gasteiger partial charge is 0.322 e. The number of aromatic amines is 2. The molecule has 4 rings (SSSR count). The number of rotatable bonds is 4. The van der Waals surface area contributed by atoms with Crippen molar-refractivity contribution in [1.82, 2.24) is 19.7 Å². The monoisotopic (exact) mass is 395 g/mol. The molecule has 0 saturated heterocycles. The van der Waals surface area contributed by atoms with Gasteiger partial charge in [0.2, 0.25) is 0 Å². The van der Waals surface area contributed by atoms with Gasteiger partial charge in [-0.2, -0.15) is 5.10 Å². The van der Waals surface area contributed by atoms with Crippen molar-refractivity contribution in [1.29, 1.82) is 0 Å². The summed E-state index contributed by atoms with van der Waals surface area (Å²) in [7, 11) is 0. The molecule has 3 N–H and O–H groups in total. The minimum atomic E-state index is -0.289. The van der Waals surface area contributed by atoms with Crippen molar-refractivity contribution in [2.75, 3.05) is 5.32 Å². The third-order valence-electron chi connectivity index (χ3n) is 4.42. The van der Waals surface area contributed by atoms with E-state index in [2.05, 4.69) is 20.4 Å². The van der Waals surface area contributed by atoms with Crippen LogP contribution in [-0.2, 0) is 0 Å². The molecule has 0 fully saturated rings. The van der Waals surface area contributed by atoms with Crippen LogP contribution in [0.15, 0.2) is 53.5 Å². The van der Waals surface area contributed by atoms with Gasteiger partial charge in [0.05, 0.1) is 34.2 Å². The van der Waals surface area contributed by atoms with E-state index in [4.69, 9.17) is 11.6 Å². The van der Waals surface area contributed by atoms with Crippen molar-refractivity contribution in [3.63, 3.8) is 0 Å². The molecule has 2 aromatic carbocycles. The summed E-state index contributed by atoms with van der Waals surface area (Å²) >= 11 is 6.10. The fourth-order valence-corrected chi connectivity index (χ4v) is 3.40. The van der Waals surface area contributed by atoms with Crippen molar-refractivity contribution in [2.45, 2.75) is 19.8 Å². The molecule has 0 saturated carbocycles. The Balaban J connectivity index is 1.69. The fraction of sp³-hybridized carbons (Fsp3) is 0.150. The third kappa shape index (κ3) is 3.32. The summed E-state index contributed by atoms with van der Waals surface area (Å²) in [6, 6.07) is 12.5. The third-order valence-corrected chi connectivity index (χ3v) is 4.66. The number of halogens is 1. The molecule has 0 aliphatic carbocycles.